The Morgan fingerprint density at radius 1 is 1.19 bits per heavy atom. The van der Waals surface area contributed by atoms with E-state index < -0.39 is 25.1 Å². The Kier molecular flexibility index (Phi) is 8.94. The van der Waals surface area contributed by atoms with Crippen molar-refractivity contribution >= 4 is 42.1 Å². The average Bonchev–Trinajstić information content (AvgIpc) is 3.21. The van der Waals surface area contributed by atoms with E-state index in [4.69, 9.17) is 31.3 Å². The smallest absolute Gasteiger partial charge is 0.342 e. The zero-order valence-electron chi connectivity index (χ0n) is 21.0. The van der Waals surface area contributed by atoms with E-state index in [1.165, 1.54) is 6.33 Å². The van der Waals surface area contributed by atoms with E-state index >= 15 is 0 Å². The number of nitrogens with zero attached hydrogens (tertiary/aromatic N) is 4. The summed E-state index contributed by atoms with van der Waals surface area (Å²) in [4.78, 5) is 25.1. The molecule has 0 fully saturated rings. The molecule has 196 valence electrons. The van der Waals surface area contributed by atoms with Crippen molar-refractivity contribution in [2.45, 2.75) is 52.8 Å². The molecule has 3 rings (SSSR count). The average molecular weight is 539 g/mol. The maximum atomic E-state index is 13.9. The number of hydrogen-bond acceptors (Lipinski definition) is 9. The topological polar surface area (TPSA) is 143 Å². The van der Waals surface area contributed by atoms with Crippen LogP contribution in [0.4, 0.5) is 5.82 Å². The lowest BCUT2D eigenvalue weighted by molar-refractivity contribution is -0.150. The van der Waals surface area contributed by atoms with Gasteiger partial charge in [0, 0.05) is 5.02 Å². The number of halogens is 1. The summed E-state index contributed by atoms with van der Waals surface area (Å²) in [7, 11) is -3.77. The zero-order chi connectivity index (χ0) is 26.5. The Morgan fingerprint density at radius 2 is 1.89 bits per heavy atom. The SMILES string of the molecule is CC(C)COC(=O)C(C)(C)NP(=O)(COC(C)Cn1cnc2c(N)ncnc21)Oc1ccc(Cl)cc1. The van der Waals surface area contributed by atoms with Crippen LogP contribution < -0.4 is 15.3 Å². The predicted molar refractivity (Wildman–Crippen MR) is 138 cm³/mol. The molecule has 0 aliphatic rings. The Balaban J connectivity index is 1.74. The second-order valence-corrected chi connectivity index (χ2v) is 11.8. The predicted octanol–water partition coefficient (Wildman–Crippen LogP) is 4.26. The highest BCUT2D eigenvalue weighted by molar-refractivity contribution is 7.57. The minimum absolute atomic E-state index is 0.158. The number of fused-ring (bicyclic) bond motifs is 1. The van der Waals surface area contributed by atoms with Gasteiger partial charge in [-0.15, -0.1) is 0 Å². The number of nitrogens with two attached hydrogens (primary N) is 1. The van der Waals surface area contributed by atoms with E-state index in [1.54, 1.807) is 49.0 Å². The molecule has 0 saturated carbocycles. The van der Waals surface area contributed by atoms with Crippen molar-refractivity contribution in [3.63, 3.8) is 0 Å². The molecule has 3 aromatic rings. The van der Waals surface area contributed by atoms with Crippen LogP contribution in [0.15, 0.2) is 36.9 Å². The molecule has 2 atom stereocenters. The number of imidazole rings is 1. The quantitative estimate of drug-likeness (QED) is 0.253. The molecule has 11 nitrogen and oxygen atoms in total. The summed E-state index contributed by atoms with van der Waals surface area (Å²) in [6, 6.07) is 6.41. The van der Waals surface area contributed by atoms with Gasteiger partial charge in [-0.25, -0.2) is 20.0 Å². The molecular formula is C23H32ClN6O5P. The van der Waals surface area contributed by atoms with Gasteiger partial charge in [-0.2, -0.15) is 0 Å². The molecule has 0 aliphatic carbocycles. The van der Waals surface area contributed by atoms with Crippen molar-refractivity contribution < 1.29 is 23.4 Å². The molecule has 0 aliphatic heterocycles. The normalized spacial score (nSPS) is 14.5. The van der Waals surface area contributed by atoms with Crippen LogP contribution in [0.2, 0.25) is 5.02 Å². The minimum atomic E-state index is -3.77. The zero-order valence-corrected chi connectivity index (χ0v) is 22.6. The molecule has 13 heteroatoms. The second kappa shape index (κ2) is 11.6. The standard InChI is InChI=1S/C23H32ClN6O5P/c1-15(2)11-33-22(31)23(4,5)29-36(32,35-18-8-6-17(24)7-9-18)14-34-16(3)10-30-13-28-19-20(25)26-12-27-21(19)30/h6-9,12-13,15-16H,10-11,14H2,1-5H3,(H,29,32)(H2,25,26,27). The van der Waals surface area contributed by atoms with E-state index in [1.807, 2.05) is 20.8 Å². The third-order valence-electron chi connectivity index (χ3n) is 4.99. The number of rotatable bonds is 12. The summed E-state index contributed by atoms with van der Waals surface area (Å²) in [6.45, 7) is 9.44. The Bertz CT molecular complexity index is 1230. The van der Waals surface area contributed by atoms with Gasteiger partial charge in [0.1, 0.15) is 29.5 Å². The molecule has 2 unspecified atom stereocenters. The van der Waals surface area contributed by atoms with Crippen LogP contribution in [0.25, 0.3) is 11.2 Å². The van der Waals surface area contributed by atoms with Gasteiger partial charge in [-0.1, -0.05) is 25.4 Å². The summed E-state index contributed by atoms with van der Waals surface area (Å²) >= 11 is 5.96. The number of hydrogen-bond donors (Lipinski definition) is 2. The lowest BCUT2D eigenvalue weighted by Crippen LogP contribution is -2.47. The fraction of sp³-hybridized carbons (Fsp3) is 0.478. The van der Waals surface area contributed by atoms with Gasteiger partial charge in [-0.05, 0) is 51.0 Å². The van der Waals surface area contributed by atoms with Gasteiger partial charge in [0.05, 0.1) is 25.6 Å². The highest BCUT2D eigenvalue weighted by atomic mass is 35.5. The first-order valence-corrected chi connectivity index (χ1v) is 13.6. The number of nitrogens with one attached hydrogen (secondary N) is 1. The molecule has 0 amide bonds. The first-order valence-electron chi connectivity index (χ1n) is 11.4. The first kappa shape index (κ1) is 27.9. The Labute approximate surface area is 215 Å². The van der Waals surface area contributed by atoms with Crippen LogP contribution in [0, 0.1) is 5.92 Å². The fourth-order valence-electron chi connectivity index (χ4n) is 3.23. The van der Waals surface area contributed by atoms with E-state index in [0.29, 0.717) is 28.5 Å². The molecular weight excluding hydrogens is 507 g/mol. The van der Waals surface area contributed by atoms with E-state index in [2.05, 4.69) is 20.0 Å². The third-order valence-corrected chi connectivity index (χ3v) is 7.13. The van der Waals surface area contributed by atoms with Crippen LogP contribution in [-0.4, -0.2) is 50.1 Å². The van der Waals surface area contributed by atoms with E-state index in [9.17, 15) is 9.36 Å². The number of carbonyl (C=O) groups excluding carboxylic acids is 1. The maximum Gasteiger partial charge on any atom is 0.342 e. The van der Waals surface area contributed by atoms with Crippen molar-refractivity contribution in [1.29, 1.82) is 0 Å². The molecule has 3 N–H and O–H groups in total. The largest absolute Gasteiger partial charge is 0.464 e. The number of aromatic nitrogens is 4. The molecule has 2 heterocycles. The second-order valence-electron chi connectivity index (χ2n) is 9.38. The molecule has 0 spiro atoms. The first-order chi connectivity index (χ1) is 16.9. The van der Waals surface area contributed by atoms with E-state index in [0.717, 1.165) is 0 Å². The maximum absolute atomic E-state index is 13.9. The van der Waals surface area contributed by atoms with Gasteiger partial charge in [0.2, 0.25) is 0 Å². The van der Waals surface area contributed by atoms with Gasteiger partial charge in [0.25, 0.3) is 0 Å². The summed E-state index contributed by atoms with van der Waals surface area (Å²) < 4.78 is 32.8. The van der Waals surface area contributed by atoms with E-state index in [-0.39, 0.29) is 24.7 Å². The number of benzene rings is 1. The fourth-order valence-corrected chi connectivity index (χ4v) is 5.37. The van der Waals surface area contributed by atoms with Gasteiger partial charge < -0.3 is 24.3 Å². The summed E-state index contributed by atoms with van der Waals surface area (Å²) in [5, 5.41) is 3.36. The monoisotopic (exact) mass is 538 g/mol. The lowest BCUT2D eigenvalue weighted by atomic mass is 10.1. The van der Waals surface area contributed by atoms with Gasteiger partial charge in [-0.3, -0.25) is 9.36 Å². The van der Waals surface area contributed by atoms with Crippen LogP contribution >= 0.6 is 19.1 Å². The van der Waals surface area contributed by atoms with Crippen molar-refractivity contribution in [1.82, 2.24) is 24.6 Å². The molecule has 0 bridgehead atoms. The van der Waals surface area contributed by atoms with Crippen LogP contribution in [0.3, 0.4) is 0 Å². The number of anilines is 1. The number of ether oxygens (including phenoxy) is 2. The number of carbonyl (C=O) groups is 1. The molecule has 0 radical (unpaired) electrons. The van der Waals surface area contributed by atoms with Crippen molar-refractivity contribution in [3.8, 4) is 5.75 Å². The summed E-state index contributed by atoms with van der Waals surface area (Å²) in [5.74, 6) is 0.201. The lowest BCUT2D eigenvalue weighted by Gasteiger charge is -2.30. The number of nitrogen functional groups attached to an aromatic ring is 1. The van der Waals surface area contributed by atoms with Gasteiger partial charge in [0.15, 0.2) is 11.5 Å². The molecule has 2 aromatic heterocycles. The highest BCUT2D eigenvalue weighted by Gasteiger charge is 2.39. The molecule has 1 aromatic carbocycles. The van der Waals surface area contributed by atoms with Gasteiger partial charge >= 0.3 is 13.5 Å². The Hall–Kier alpha value is -2.72. The van der Waals surface area contributed by atoms with Crippen LogP contribution in [-0.2, 0) is 25.4 Å². The molecule has 36 heavy (non-hydrogen) atoms. The third kappa shape index (κ3) is 7.39. The summed E-state index contributed by atoms with van der Waals surface area (Å²) in [6.07, 6.45) is 2.21. The molecule has 0 saturated heterocycles. The van der Waals surface area contributed by atoms with Crippen molar-refractivity contribution in [3.05, 3.63) is 41.9 Å². The van der Waals surface area contributed by atoms with Crippen molar-refractivity contribution in [2.24, 2.45) is 5.92 Å². The number of esters is 1. The van der Waals surface area contributed by atoms with Crippen molar-refractivity contribution in [2.75, 3.05) is 18.7 Å². The Morgan fingerprint density at radius 3 is 2.56 bits per heavy atom. The van der Waals surface area contributed by atoms with Crippen LogP contribution in [0.1, 0.15) is 34.6 Å². The highest BCUT2D eigenvalue weighted by Crippen LogP contribution is 2.45. The minimum Gasteiger partial charge on any atom is -0.464 e. The van der Waals surface area contributed by atoms with Crippen LogP contribution in [0.5, 0.6) is 5.75 Å². The summed E-state index contributed by atoms with van der Waals surface area (Å²) in [5.41, 5.74) is 5.60.